The molecule has 0 heterocycles. The molecular weight excluding hydrogens is 348 g/mol. The van der Waals surface area contributed by atoms with Gasteiger partial charge >= 0.3 is 0 Å². The van der Waals surface area contributed by atoms with Crippen LogP contribution in [-0.4, -0.2) is 33.6 Å². The van der Waals surface area contributed by atoms with Gasteiger partial charge in [0, 0.05) is 0 Å². The summed E-state index contributed by atoms with van der Waals surface area (Å²) in [6.45, 7) is 9.99. The molecule has 0 aromatic carbocycles. The first-order valence-electron chi connectivity index (χ1n) is 11.2. The largest absolute Gasteiger partial charge is 0.393 e. The predicted octanol–water partition coefficient (Wildman–Crippen LogP) is 5.56. The second-order valence-electron chi connectivity index (χ2n) is 9.41. The molecule has 1 rings (SSSR count). The van der Waals surface area contributed by atoms with E-state index >= 15 is 0 Å². The third-order valence-corrected chi connectivity index (χ3v) is 6.37. The zero-order chi connectivity index (χ0) is 21.0. The summed E-state index contributed by atoms with van der Waals surface area (Å²) in [5, 5.41) is 29.2. The minimum atomic E-state index is -1.60. The van der Waals surface area contributed by atoms with E-state index in [-0.39, 0.29) is 0 Å². The van der Waals surface area contributed by atoms with Crippen LogP contribution in [0.15, 0.2) is 37.0 Å². The van der Waals surface area contributed by atoms with Crippen LogP contribution in [0.25, 0.3) is 0 Å². The van der Waals surface area contributed by atoms with E-state index in [1.54, 1.807) is 0 Å². The van der Waals surface area contributed by atoms with Gasteiger partial charge in [0.25, 0.3) is 0 Å². The van der Waals surface area contributed by atoms with Gasteiger partial charge in [-0.15, -0.1) is 6.58 Å². The van der Waals surface area contributed by atoms with Crippen LogP contribution in [0.2, 0.25) is 0 Å². The lowest BCUT2D eigenvalue weighted by Crippen LogP contribution is -2.43. The number of aliphatic hydroxyl groups is 3. The third kappa shape index (κ3) is 8.63. The van der Waals surface area contributed by atoms with Crippen LogP contribution in [0.4, 0.5) is 0 Å². The van der Waals surface area contributed by atoms with E-state index in [0.29, 0.717) is 24.2 Å². The summed E-state index contributed by atoms with van der Waals surface area (Å²) in [5.41, 5.74) is -1.19. The van der Waals surface area contributed by atoms with Gasteiger partial charge in [-0.1, -0.05) is 70.4 Å². The highest BCUT2D eigenvalue weighted by Gasteiger charge is 2.31. The Morgan fingerprint density at radius 1 is 1.18 bits per heavy atom. The fourth-order valence-corrected chi connectivity index (χ4v) is 4.13. The van der Waals surface area contributed by atoms with Crippen LogP contribution < -0.4 is 0 Å². The van der Waals surface area contributed by atoms with E-state index in [4.69, 9.17) is 0 Å². The Balaban J connectivity index is 2.38. The number of aliphatic hydroxyl groups excluding tert-OH is 2. The van der Waals surface area contributed by atoms with E-state index in [1.807, 2.05) is 0 Å². The minimum Gasteiger partial charge on any atom is -0.393 e. The third-order valence-electron chi connectivity index (χ3n) is 6.37. The van der Waals surface area contributed by atoms with E-state index in [1.165, 1.54) is 51.0 Å². The van der Waals surface area contributed by atoms with Crippen LogP contribution in [0, 0.1) is 17.3 Å². The molecule has 0 bridgehead atoms. The molecule has 4 atom stereocenters. The highest BCUT2D eigenvalue weighted by molar-refractivity contribution is 5.02. The Morgan fingerprint density at radius 3 is 2.57 bits per heavy atom. The minimum absolute atomic E-state index is 0.406. The fourth-order valence-electron chi connectivity index (χ4n) is 4.13. The molecule has 1 saturated carbocycles. The number of hydrogen-bond donors (Lipinski definition) is 3. The Kier molecular flexibility index (Phi) is 11.3. The molecule has 1 aliphatic rings. The molecule has 0 aromatic rings. The van der Waals surface area contributed by atoms with Crippen molar-refractivity contribution in [1.29, 1.82) is 0 Å². The standard InChI is InChI=1S/C25H44O3/c1-5-7-18-24(3,4)19-12-16-22-15-11-14-21(22)13-9-8-10-17-23(27)25(28,6-2)20-26/h6,8-9,12,16,21-23,26-28H,2,5,7,10-11,13-15,17-20H2,1,3-4H3/b9-8-,16-12+/t21-,22+,23?,25?/m0/s1. The van der Waals surface area contributed by atoms with Crippen molar-refractivity contribution in [1.82, 2.24) is 0 Å². The van der Waals surface area contributed by atoms with E-state index in [2.05, 4.69) is 51.7 Å². The van der Waals surface area contributed by atoms with Crippen LogP contribution in [0.3, 0.4) is 0 Å². The predicted molar refractivity (Wildman–Crippen MR) is 119 cm³/mol. The number of allylic oxidation sites excluding steroid dienone is 4. The molecule has 3 N–H and O–H groups in total. The van der Waals surface area contributed by atoms with Crippen molar-refractivity contribution in [2.75, 3.05) is 6.61 Å². The lowest BCUT2D eigenvalue weighted by molar-refractivity contribution is -0.0731. The van der Waals surface area contributed by atoms with Gasteiger partial charge in [0.1, 0.15) is 5.60 Å². The summed E-state index contributed by atoms with van der Waals surface area (Å²) in [5.74, 6) is 1.41. The normalized spacial score (nSPS) is 24.1. The highest BCUT2D eigenvalue weighted by Crippen LogP contribution is 2.36. The zero-order valence-corrected chi connectivity index (χ0v) is 18.4. The fraction of sp³-hybridized carbons (Fsp3) is 0.760. The molecule has 1 fully saturated rings. The van der Waals surface area contributed by atoms with Crippen molar-refractivity contribution in [3.63, 3.8) is 0 Å². The molecule has 3 heteroatoms. The van der Waals surface area contributed by atoms with Crippen LogP contribution in [0.5, 0.6) is 0 Å². The topological polar surface area (TPSA) is 60.7 Å². The first-order valence-corrected chi connectivity index (χ1v) is 11.2. The maximum atomic E-state index is 10.0. The van der Waals surface area contributed by atoms with Crippen LogP contribution >= 0.6 is 0 Å². The summed E-state index contributed by atoms with van der Waals surface area (Å²) < 4.78 is 0. The molecule has 2 unspecified atom stereocenters. The summed E-state index contributed by atoms with van der Waals surface area (Å²) in [6.07, 6.45) is 20.6. The number of hydrogen-bond acceptors (Lipinski definition) is 3. The van der Waals surface area contributed by atoms with Gasteiger partial charge in [-0.05, 0) is 62.2 Å². The van der Waals surface area contributed by atoms with Gasteiger partial charge in [-0.25, -0.2) is 0 Å². The lowest BCUT2D eigenvalue weighted by Gasteiger charge is -2.27. The molecule has 0 saturated heterocycles. The summed E-state index contributed by atoms with van der Waals surface area (Å²) >= 11 is 0. The van der Waals surface area contributed by atoms with Crippen molar-refractivity contribution in [3.8, 4) is 0 Å². The van der Waals surface area contributed by atoms with Gasteiger partial charge in [-0.3, -0.25) is 0 Å². The molecular formula is C25H44O3. The van der Waals surface area contributed by atoms with Crippen molar-refractivity contribution >= 4 is 0 Å². The molecule has 0 spiro atoms. The smallest absolute Gasteiger partial charge is 0.131 e. The first-order chi connectivity index (χ1) is 13.3. The molecule has 1 aliphatic carbocycles. The van der Waals surface area contributed by atoms with Crippen molar-refractivity contribution in [2.45, 2.75) is 96.7 Å². The molecule has 0 aromatic heterocycles. The molecule has 3 nitrogen and oxygen atoms in total. The van der Waals surface area contributed by atoms with Gasteiger partial charge < -0.3 is 15.3 Å². The summed E-state index contributed by atoms with van der Waals surface area (Å²) in [7, 11) is 0. The molecule has 162 valence electrons. The Labute approximate surface area is 173 Å². The van der Waals surface area contributed by atoms with E-state index in [9.17, 15) is 15.3 Å². The molecule has 0 aliphatic heterocycles. The quantitative estimate of drug-likeness (QED) is 0.339. The van der Waals surface area contributed by atoms with Crippen molar-refractivity contribution in [3.05, 3.63) is 37.0 Å². The average molecular weight is 393 g/mol. The highest BCUT2D eigenvalue weighted by atomic mass is 16.4. The van der Waals surface area contributed by atoms with E-state index in [0.717, 1.165) is 12.3 Å². The SMILES string of the molecule is C=CC(O)(CO)C(O)CC/C=C\C[C@H]1CCC[C@@H]1/C=C/CC(C)(C)CCCC. The lowest BCUT2D eigenvalue weighted by atomic mass is 9.83. The Hall–Kier alpha value is -0.900. The van der Waals surface area contributed by atoms with Gasteiger partial charge in [0.05, 0.1) is 12.7 Å². The second-order valence-corrected chi connectivity index (χ2v) is 9.41. The number of unbranched alkanes of at least 4 members (excludes halogenated alkanes) is 1. The molecule has 0 amide bonds. The summed E-state index contributed by atoms with van der Waals surface area (Å²) in [4.78, 5) is 0. The van der Waals surface area contributed by atoms with E-state index < -0.39 is 18.3 Å². The van der Waals surface area contributed by atoms with Crippen LogP contribution in [0.1, 0.15) is 85.0 Å². The zero-order valence-electron chi connectivity index (χ0n) is 18.4. The maximum Gasteiger partial charge on any atom is 0.131 e. The van der Waals surface area contributed by atoms with Crippen molar-refractivity contribution < 1.29 is 15.3 Å². The average Bonchev–Trinajstić information content (AvgIpc) is 3.12. The first kappa shape index (κ1) is 25.1. The molecule has 28 heavy (non-hydrogen) atoms. The second kappa shape index (κ2) is 12.6. The van der Waals surface area contributed by atoms with Gasteiger partial charge in [0.15, 0.2) is 0 Å². The maximum absolute atomic E-state index is 10.0. The molecule has 0 radical (unpaired) electrons. The Bertz CT molecular complexity index is 494. The monoisotopic (exact) mass is 392 g/mol. The summed E-state index contributed by atoms with van der Waals surface area (Å²) in [6, 6.07) is 0. The van der Waals surface area contributed by atoms with Gasteiger partial charge in [-0.2, -0.15) is 0 Å². The van der Waals surface area contributed by atoms with Crippen LogP contribution in [-0.2, 0) is 0 Å². The van der Waals surface area contributed by atoms with Crippen molar-refractivity contribution in [2.24, 2.45) is 17.3 Å². The van der Waals surface area contributed by atoms with Gasteiger partial charge in [0.2, 0.25) is 0 Å². The Morgan fingerprint density at radius 2 is 1.93 bits per heavy atom. The number of rotatable bonds is 14.